The number of aromatic nitrogens is 5. The molecule has 0 aliphatic rings. The van der Waals surface area contributed by atoms with Crippen LogP contribution in [-0.4, -0.2) is 24.8 Å². The van der Waals surface area contributed by atoms with Crippen LogP contribution in [0.25, 0.3) is 16.9 Å². The topological polar surface area (TPSA) is 74.8 Å². The van der Waals surface area contributed by atoms with Gasteiger partial charge in [-0.25, -0.2) is 13.6 Å². The van der Waals surface area contributed by atoms with Crippen molar-refractivity contribution >= 4 is 0 Å². The zero-order chi connectivity index (χ0) is 20.4. The van der Waals surface area contributed by atoms with Gasteiger partial charge >= 0.3 is 5.69 Å². The van der Waals surface area contributed by atoms with Crippen LogP contribution in [0.3, 0.4) is 0 Å². The Morgan fingerprint density at radius 1 is 1.00 bits per heavy atom. The van der Waals surface area contributed by atoms with Crippen molar-refractivity contribution in [3.8, 4) is 22.7 Å². The third-order valence-electron chi connectivity index (χ3n) is 4.29. The molecule has 29 heavy (non-hydrogen) atoms. The molecule has 0 N–H and O–H groups in total. The minimum atomic E-state index is -0.721. The lowest BCUT2D eigenvalue weighted by atomic mass is 10.1. The second-order valence-corrected chi connectivity index (χ2v) is 6.19. The van der Waals surface area contributed by atoms with Crippen molar-refractivity contribution in [3.05, 3.63) is 88.5 Å². The molecule has 9 heteroatoms. The van der Waals surface area contributed by atoms with E-state index in [0.717, 1.165) is 21.5 Å². The summed E-state index contributed by atoms with van der Waals surface area (Å²) >= 11 is 0. The number of rotatable bonds is 5. The number of pyridine rings is 1. The summed E-state index contributed by atoms with van der Waals surface area (Å²) in [5, 5.41) is 7.48. The first-order valence-electron chi connectivity index (χ1n) is 8.65. The molecule has 0 atom stereocenters. The number of benzene rings is 2. The number of ether oxygens (including phenoxy) is 1. The van der Waals surface area contributed by atoms with Gasteiger partial charge in [0.25, 0.3) is 0 Å². The Morgan fingerprint density at radius 2 is 1.79 bits per heavy atom. The van der Waals surface area contributed by atoms with E-state index in [-0.39, 0.29) is 17.9 Å². The molecule has 4 aromatic rings. The maximum atomic E-state index is 14.5. The van der Waals surface area contributed by atoms with Gasteiger partial charge in [-0.05, 0) is 34.7 Å². The SMILES string of the molecule is Cn1nnn(-c2ccccc2COc2cc(F)c(-c3ccccn3)cc2F)c1=O. The van der Waals surface area contributed by atoms with Crippen LogP contribution in [-0.2, 0) is 13.7 Å². The average molecular weight is 395 g/mol. The molecule has 2 heterocycles. The minimum Gasteiger partial charge on any atom is -0.486 e. The number of para-hydroxylation sites is 1. The highest BCUT2D eigenvalue weighted by molar-refractivity contribution is 5.61. The fourth-order valence-corrected chi connectivity index (χ4v) is 2.82. The van der Waals surface area contributed by atoms with Crippen molar-refractivity contribution in [2.45, 2.75) is 6.61 Å². The van der Waals surface area contributed by atoms with Gasteiger partial charge in [0, 0.05) is 30.4 Å². The molecular formula is C20H15F2N5O2. The Morgan fingerprint density at radius 3 is 2.52 bits per heavy atom. The van der Waals surface area contributed by atoms with Crippen LogP contribution in [0.15, 0.2) is 65.6 Å². The second-order valence-electron chi connectivity index (χ2n) is 6.19. The number of hydrogen-bond donors (Lipinski definition) is 0. The van der Waals surface area contributed by atoms with E-state index in [1.54, 1.807) is 42.5 Å². The first-order valence-corrected chi connectivity index (χ1v) is 8.65. The average Bonchev–Trinajstić information content (AvgIpc) is 3.07. The molecule has 0 saturated heterocycles. The molecule has 0 spiro atoms. The first kappa shape index (κ1) is 18.5. The summed E-state index contributed by atoms with van der Waals surface area (Å²) in [6.07, 6.45) is 1.50. The molecule has 146 valence electrons. The van der Waals surface area contributed by atoms with E-state index in [1.165, 1.54) is 13.2 Å². The molecule has 0 saturated carbocycles. The van der Waals surface area contributed by atoms with Crippen molar-refractivity contribution in [2.24, 2.45) is 7.05 Å². The second kappa shape index (κ2) is 7.63. The lowest BCUT2D eigenvalue weighted by molar-refractivity contribution is 0.288. The maximum absolute atomic E-state index is 14.5. The quantitative estimate of drug-likeness (QED) is 0.520. The largest absolute Gasteiger partial charge is 0.486 e. The fraction of sp³-hybridized carbons (Fsp3) is 0.100. The Balaban J connectivity index is 1.62. The summed E-state index contributed by atoms with van der Waals surface area (Å²) in [5.41, 5.74) is 0.930. The van der Waals surface area contributed by atoms with Crippen LogP contribution in [0.4, 0.5) is 8.78 Å². The van der Waals surface area contributed by atoms with Gasteiger partial charge in [-0.3, -0.25) is 4.98 Å². The lowest BCUT2D eigenvalue weighted by Crippen LogP contribution is -2.23. The summed E-state index contributed by atoms with van der Waals surface area (Å²) in [4.78, 5) is 16.1. The summed E-state index contributed by atoms with van der Waals surface area (Å²) in [5.74, 6) is -1.62. The normalized spacial score (nSPS) is 10.9. The van der Waals surface area contributed by atoms with Crippen LogP contribution in [0, 0.1) is 11.6 Å². The summed E-state index contributed by atoms with van der Waals surface area (Å²) in [6, 6.07) is 13.8. The maximum Gasteiger partial charge on any atom is 0.368 e. The molecule has 0 unspecified atom stereocenters. The standard InChI is InChI=1S/C20H15F2N5O2/c1-26-20(28)27(25-24-26)18-8-3-2-6-13(18)12-29-19-11-15(21)14(10-16(19)22)17-7-4-5-9-23-17/h2-11H,12H2,1H3. The smallest absolute Gasteiger partial charge is 0.368 e. The molecule has 4 rings (SSSR count). The van der Waals surface area contributed by atoms with E-state index >= 15 is 0 Å². The van der Waals surface area contributed by atoms with Crippen LogP contribution in [0.2, 0.25) is 0 Å². The van der Waals surface area contributed by atoms with E-state index in [4.69, 9.17) is 4.74 Å². The Hall–Kier alpha value is -3.88. The fourth-order valence-electron chi connectivity index (χ4n) is 2.82. The van der Waals surface area contributed by atoms with Gasteiger partial charge in [0.2, 0.25) is 0 Å². The Labute approximate surface area is 163 Å². The summed E-state index contributed by atoms with van der Waals surface area (Å²) in [6.45, 7) is -0.0987. The van der Waals surface area contributed by atoms with Crippen LogP contribution < -0.4 is 10.4 Å². The molecule has 2 aromatic carbocycles. The van der Waals surface area contributed by atoms with Crippen LogP contribution >= 0.6 is 0 Å². The van der Waals surface area contributed by atoms with E-state index in [9.17, 15) is 13.6 Å². The molecule has 2 aromatic heterocycles. The van der Waals surface area contributed by atoms with Crippen molar-refractivity contribution in [1.29, 1.82) is 0 Å². The van der Waals surface area contributed by atoms with Crippen molar-refractivity contribution < 1.29 is 13.5 Å². The predicted molar refractivity (Wildman–Crippen MR) is 101 cm³/mol. The van der Waals surface area contributed by atoms with Gasteiger partial charge < -0.3 is 4.74 Å². The Bertz CT molecular complexity index is 1220. The van der Waals surface area contributed by atoms with Gasteiger partial charge in [0.15, 0.2) is 11.6 Å². The molecular weight excluding hydrogens is 380 g/mol. The highest BCUT2D eigenvalue weighted by atomic mass is 19.1. The lowest BCUT2D eigenvalue weighted by Gasteiger charge is -2.12. The molecule has 7 nitrogen and oxygen atoms in total. The Kier molecular flexibility index (Phi) is 4.86. The first-order chi connectivity index (χ1) is 14.0. The number of nitrogens with zero attached hydrogens (tertiary/aromatic N) is 5. The van der Waals surface area contributed by atoms with Crippen molar-refractivity contribution in [2.75, 3.05) is 0 Å². The van der Waals surface area contributed by atoms with Crippen molar-refractivity contribution in [3.63, 3.8) is 0 Å². The highest BCUT2D eigenvalue weighted by Gasteiger charge is 2.15. The van der Waals surface area contributed by atoms with Gasteiger partial charge in [0.05, 0.1) is 11.4 Å². The number of tetrazole rings is 1. The monoisotopic (exact) mass is 395 g/mol. The molecule has 0 aliphatic carbocycles. The van der Waals surface area contributed by atoms with Gasteiger partial charge in [-0.2, -0.15) is 9.36 Å². The third-order valence-corrected chi connectivity index (χ3v) is 4.29. The van der Waals surface area contributed by atoms with Crippen LogP contribution in [0.5, 0.6) is 5.75 Å². The minimum absolute atomic E-state index is 0.0435. The van der Waals surface area contributed by atoms with Gasteiger partial charge in [-0.15, -0.1) is 0 Å². The summed E-state index contributed by atoms with van der Waals surface area (Å²) < 4.78 is 36.7. The molecule has 0 fully saturated rings. The molecule has 0 aliphatic heterocycles. The van der Waals surface area contributed by atoms with E-state index in [0.29, 0.717) is 16.9 Å². The highest BCUT2D eigenvalue weighted by Crippen LogP contribution is 2.28. The number of halogens is 2. The van der Waals surface area contributed by atoms with E-state index < -0.39 is 17.3 Å². The molecule has 0 amide bonds. The van der Waals surface area contributed by atoms with Gasteiger partial charge in [0.1, 0.15) is 12.4 Å². The van der Waals surface area contributed by atoms with Crippen LogP contribution in [0.1, 0.15) is 5.56 Å². The number of hydrogen-bond acceptors (Lipinski definition) is 5. The molecule has 0 radical (unpaired) electrons. The van der Waals surface area contributed by atoms with Crippen molar-refractivity contribution in [1.82, 2.24) is 24.8 Å². The third kappa shape index (κ3) is 3.62. The van der Waals surface area contributed by atoms with E-state index in [2.05, 4.69) is 15.4 Å². The van der Waals surface area contributed by atoms with E-state index in [1.807, 2.05) is 0 Å². The zero-order valence-electron chi connectivity index (χ0n) is 15.3. The summed E-state index contributed by atoms with van der Waals surface area (Å²) in [7, 11) is 1.48. The molecule has 0 bridgehead atoms. The predicted octanol–water partition coefficient (Wildman–Crippen LogP) is 2.89. The van der Waals surface area contributed by atoms with Gasteiger partial charge in [-0.1, -0.05) is 24.3 Å². The number of aryl methyl sites for hydroxylation is 1. The zero-order valence-corrected chi connectivity index (χ0v) is 15.3.